The maximum atomic E-state index is 3.69. The number of nitrogens with one attached hydrogen (secondary N) is 1. The Morgan fingerprint density at radius 2 is 2.29 bits per heavy atom. The van der Waals surface area contributed by atoms with Crippen LogP contribution in [0.25, 0.3) is 0 Å². The molecule has 1 aromatic rings. The van der Waals surface area contributed by atoms with Gasteiger partial charge in [-0.2, -0.15) is 0 Å². The van der Waals surface area contributed by atoms with E-state index in [4.69, 9.17) is 0 Å². The van der Waals surface area contributed by atoms with Gasteiger partial charge in [0.2, 0.25) is 0 Å². The lowest BCUT2D eigenvalue weighted by Crippen LogP contribution is -2.45. The standard InChI is InChI=1S/C15H24N2/c1-3-17-9-5-8-15(12-17)16-11-14-7-4-6-13(2)10-14/h4,6-7,10,15-16H,3,5,8-9,11-12H2,1-2H3. The monoisotopic (exact) mass is 232 g/mol. The van der Waals surface area contributed by atoms with Crippen LogP contribution in [0.3, 0.4) is 0 Å². The van der Waals surface area contributed by atoms with Crippen LogP contribution in [0.1, 0.15) is 30.9 Å². The van der Waals surface area contributed by atoms with Crippen LogP contribution >= 0.6 is 0 Å². The van der Waals surface area contributed by atoms with Gasteiger partial charge < -0.3 is 10.2 Å². The molecule has 1 N–H and O–H groups in total. The second-order valence-corrected chi connectivity index (χ2v) is 5.10. The first-order chi connectivity index (χ1) is 8.28. The number of nitrogens with zero attached hydrogens (tertiary/aromatic N) is 1. The number of rotatable bonds is 4. The molecule has 0 bridgehead atoms. The fraction of sp³-hybridized carbons (Fsp3) is 0.600. The van der Waals surface area contributed by atoms with Crippen LogP contribution in [0.2, 0.25) is 0 Å². The molecule has 1 saturated heterocycles. The van der Waals surface area contributed by atoms with Crippen molar-refractivity contribution < 1.29 is 0 Å². The van der Waals surface area contributed by atoms with Crippen LogP contribution in [-0.4, -0.2) is 30.6 Å². The quantitative estimate of drug-likeness (QED) is 0.858. The Morgan fingerprint density at radius 3 is 3.06 bits per heavy atom. The van der Waals surface area contributed by atoms with Crippen molar-refractivity contribution in [3.05, 3.63) is 35.4 Å². The lowest BCUT2D eigenvalue weighted by molar-refractivity contribution is 0.198. The molecule has 1 aliphatic rings. The summed E-state index contributed by atoms with van der Waals surface area (Å²) in [5.74, 6) is 0. The topological polar surface area (TPSA) is 15.3 Å². The van der Waals surface area contributed by atoms with E-state index in [0.717, 1.165) is 6.54 Å². The molecular weight excluding hydrogens is 208 g/mol. The minimum Gasteiger partial charge on any atom is -0.309 e. The fourth-order valence-electron chi connectivity index (χ4n) is 2.59. The van der Waals surface area contributed by atoms with Crippen LogP contribution in [0.15, 0.2) is 24.3 Å². The summed E-state index contributed by atoms with van der Waals surface area (Å²) in [7, 11) is 0. The van der Waals surface area contributed by atoms with Crippen LogP contribution in [0.5, 0.6) is 0 Å². The molecule has 1 aromatic carbocycles. The zero-order valence-electron chi connectivity index (χ0n) is 11.1. The molecule has 2 rings (SSSR count). The van der Waals surface area contributed by atoms with Gasteiger partial charge in [-0.1, -0.05) is 36.8 Å². The Kier molecular flexibility index (Phi) is 4.57. The number of aryl methyl sites for hydroxylation is 1. The van der Waals surface area contributed by atoms with Crippen molar-refractivity contribution in [2.24, 2.45) is 0 Å². The van der Waals surface area contributed by atoms with E-state index in [-0.39, 0.29) is 0 Å². The third kappa shape index (κ3) is 3.83. The third-order valence-corrected chi connectivity index (χ3v) is 3.63. The number of piperidine rings is 1. The Bertz CT molecular complexity index is 349. The average Bonchev–Trinajstić information content (AvgIpc) is 2.37. The predicted molar refractivity (Wildman–Crippen MR) is 73.2 cm³/mol. The minimum absolute atomic E-state index is 0.671. The Balaban J connectivity index is 1.81. The van der Waals surface area contributed by atoms with E-state index < -0.39 is 0 Å². The molecule has 1 atom stereocenters. The molecule has 0 amide bonds. The summed E-state index contributed by atoms with van der Waals surface area (Å²) in [6, 6.07) is 9.45. The molecule has 2 heteroatoms. The zero-order chi connectivity index (χ0) is 12.1. The van der Waals surface area contributed by atoms with Gasteiger partial charge in [0, 0.05) is 19.1 Å². The predicted octanol–water partition coefficient (Wildman–Crippen LogP) is 2.57. The first-order valence-corrected chi connectivity index (χ1v) is 6.79. The first kappa shape index (κ1) is 12.6. The van der Waals surface area contributed by atoms with E-state index in [0.29, 0.717) is 6.04 Å². The minimum atomic E-state index is 0.671. The average molecular weight is 232 g/mol. The number of hydrogen-bond acceptors (Lipinski definition) is 2. The van der Waals surface area contributed by atoms with E-state index in [2.05, 4.69) is 48.3 Å². The summed E-state index contributed by atoms with van der Waals surface area (Å²) in [5, 5.41) is 3.69. The van der Waals surface area contributed by atoms with E-state index in [1.165, 1.54) is 43.6 Å². The summed E-state index contributed by atoms with van der Waals surface area (Å²) in [6.45, 7) is 9.08. The summed E-state index contributed by atoms with van der Waals surface area (Å²) in [4.78, 5) is 2.54. The van der Waals surface area contributed by atoms with Gasteiger partial charge in [-0.05, 0) is 38.4 Å². The molecule has 0 aromatic heterocycles. The van der Waals surface area contributed by atoms with Crippen molar-refractivity contribution in [3.63, 3.8) is 0 Å². The molecule has 0 radical (unpaired) electrons. The van der Waals surface area contributed by atoms with Gasteiger partial charge in [0.05, 0.1) is 0 Å². The van der Waals surface area contributed by atoms with Crippen molar-refractivity contribution in [1.82, 2.24) is 10.2 Å². The lowest BCUT2D eigenvalue weighted by Gasteiger charge is -2.32. The highest BCUT2D eigenvalue weighted by atomic mass is 15.2. The highest BCUT2D eigenvalue weighted by Gasteiger charge is 2.17. The zero-order valence-corrected chi connectivity index (χ0v) is 11.1. The molecular formula is C15H24N2. The molecule has 2 nitrogen and oxygen atoms in total. The maximum absolute atomic E-state index is 3.69. The molecule has 1 aliphatic heterocycles. The highest BCUT2D eigenvalue weighted by Crippen LogP contribution is 2.11. The maximum Gasteiger partial charge on any atom is 0.0208 e. The number of hydrogen-bond donors (Lipinski definition) is 1. The smallest absolute Gasteiger partial charge is 0.0208 e. The van der Waals surface area contributed by atoms with Crippen LogP contribution in [0, 0.1) is 6.92 Å². The number of benzene rings is 1. The summed E-state index contributed by atoms with van der Waals surface area (Å²) >= 11 is 0. The lowest BCUT2D eigenvalue weighted by atomic mass is 10.1. The van der Waals surface area contributed by atoms with Crippen molar-refractivity contribution in [2.75, 3.05) is 19.6 Å². The Labute approximate surface area is 105 Å². The van der Waals surface area contributed by atoms with Gasteiger partial charge in [0.25, 0.3) is 0 Å². The molecule has 17 heavy (non-hydrogen) atoms. The summed E-state index contributed by atoms with van der Waals surface area (Å²) in [6.07, 6.45) is 2.65. The molecule has 0 spiro atoms. The van der Waals surface area contributed by atoms with Crippen LogP contribution < -0.4 is 5.32 Å². The van der Waals surface area contributed by atoms with E-state index in [9.17, 15) is 0 Å². The SMILES string of the molecule is CCN1CCCC(NCc2cccc(C)c2)C1. The van der Waals surface area contributed by atoms with Gasteiger partial charge in [0.15, 0.2) is 0 Å². The summed E-state index contributed by atoms with van der Waals surface area (Å²) < 4.78 is 0. The van der Waals surface area contributed by atoms with Crippen LogP contribution in [0.4, 0.5) is 0 Å². The van der Waals surface area contributed by atoms with Crippen LogP contribution in [-0.2, 0) is 6.54 Å². The molecule has 1 fully saturated rings. The van der Waals surface area contributed by atoms with Crippen molar-refractivity contribution in [1.29, 1.82) is 0 Å². The largest absolute Gasteiger partial charge is 0.309 e. The van der Waals surface area contributed by atoms with Crippen molar-refractivity contribution >= 4 is 0 Å². The van der Waals surface area contributed by atoms with Gasteiger partial charge in [-0.15, -0.1) is 0 Å². The summed E-state index contributed by atoms with van der Waals surface area (Å²) in [5.41, 5.74) is 2.75. The van der Waals surface area contributed by atoms with Gasteiger partial charge >= 0.3 is 0 Å². The molecule has 94 valence electrons. The fourth-order valence-corrected chi connectivity index (χ4v) is 2.59. The second kappa shape index (κ2) is 6.18. The first-order valence-electron chi connectivity index (χ1n) is 6.79. The Hall–Kier alpha value is -0.860. The number of likely N-dealkylation sites (N-methyl/N-ethyl adjacent to an activating group) is 1. The van der Waals surface area contributed by atoms with Gasteiger partial charge in [-0.25, -0.2) is 0 Å². The molecule has 1 heterocycles. The Morgan fingerprint density at radius 1 is 1.41 bits per heavy atom. The van der Waals surface area contributed by atoms with Crippen molar-refractivity contribution in [2.45, 2.75) is 39.3 Å². The highest BCUT2D eigenvalue weighted by molar-refractivity contribution is 5.22. The number of likely N-dealkylation sites (tertiary alicyclic amines) is 1. The van der Waals surface area contributed by atoms with Crippen molar-refractivity contribution in [3.8, 4) is 0 Å². The molecule has 0 aliphatic carbocycles. The second-order valence-electron chi connectivity index (χ2n) is 5.10. The molecule has 0 saturated carbocycles. The van der Waals surface area contributed by atoms with E-state index >= 15 is 0 Å². The van der Waals surface area contributed by atoms with Gasteiger partial charge in [0.1, 0.15) is 0 Å². The van der Waals surface area contributed by atoms with E-state index in [1.54, 1.807) is 0 Å². The van der Waals surface area contributed by atoms with Gasteiger partial charge in [-0.3, -0.25) is 0 Å². The molecule has 1 unspecified atom stereocenters. The third-order valence-electron chi connectivity index (χ3n) is 3.63. The van der Waals surface area contributed by atoms with E-state index in [1.807, 2.05) is 0 Å². The normalized spacial score (nSPS) is 21.6.